The van der Waals surface area contributed by atoms with Crippen molar-refractivity contribution in [1.82, 2.24) is 0 Å². The number of phenolic OH excluding ortho intramolecular Hbond substituents is 1. The quantitative estimate of drug-likeness (QED) is 0.583. The fourth-order valence-electron chi connectivity index (χ4n) is 5.63. The molecule has 5 unspecified atom stereocenters. The first-order chi connectivity index (χ1) is 14.0. The molecule has 0 aromatic heterocycles. The van der Waals surface area contributed by atoms with Gasteiger partial charge in [-0.3, -0.25) is 28.8 Å². The maximum atomic E-state index is 13.3. The third kappa shape index (κ3) is 2.71. The molecule has 2 fully saturated rings. The average molecular weight is 410 g/mol. The molecule has 5 atom stereocenters. The van der Waals surface area contributed by atoms with Crippen LogP contribution in [0.15, 0.2) is 6.07 Å². The van der Waals surface area contributed by atoms with Gasteiger partial charge in [-0.15, -0.1) is 0 Å². The van der Waals surface area contributed by atoms with E-state index < -0.39 is 58.5 Å². The summed E-state index contributed by atoms with van der Waals surface area (Å²) in [5.74, 6) is -8.10. The summed E-state index contributed by atoms with van der Waals surface area (Å²) in [6.45, 7) is 4.11. The Morgan fingerprint density at radius 1 is 0.967 bits per heavy atom. The van der Waals surface area contributed by atoms with Gasteiger partial charge in [0.05, 0.1) is 17.4 Å². The highest BCUT2D eigenvalue weighted by Gasteiger charge is 2.57. The van der Waals surface area contributed by atoms with Crippen LogP contribution in [-0.4, -0.2) is 39.8 Å². The molecule has 0 heterocycles. The smallest absolute Gasteiger partial charge is 0.177 e. The normalized spacial score (nSPS) is 30.4. The van der Waals surface area contributed by atoms with Crippen molar-refractivity contribution >= 4 is 34.7 Å². The van der Waals surface area contributed by atoms with Crippen LogP contribution in [0, 0.1) is 36.5 Å². The molecule has 0 aliphatic heterocycles. The monoisotopic (exact) mass is 410 g/mol. The van der Waals surface area contributed by atoms with Crippen molar-refractivity contribution < 1.29 is 33.9 Å². The molecule has 156 valence electrons. The topological polar surface area (TPSA) is 123 Å². The van der Waals surface area contributed by atoms with Crippen molar-refractivity contribution in [3.63, 3.8) is 0 Å². The second kappa shape index (κ2) is 6.79. The molecular weight excluding hydrogens is 388 g/mol. The molecule has 0 saturated heterocycles. The zero-order chi connectivity index (χ0) is 22.1. The van der Waals surface area contributed by atoms with E-state index in [1.165, 1.54) is 6.92 Å². The molecule has 1 aromatic rings. The molecule has 0 bridgehead atoms. The van der Waals surface area contributed by atoms with Gasteiger partial charge in [0.2, 0.25) is 0 Å². The Morgan fingerprint density at radius 3 is 2.20 bits per heavy atom. The zero-order valence-electron chi connectivity index (χ0n) is 17.0. The molecule has 3 aliphatic rings. The summed E-state index contributed by atoms with van der Waals surface area (Å²) in [5, 5.41) is 10.5. The highest BCUT2D eigenvalue weighted by Crippen LogP contribution is 2.49. The molecule has 7 nitrogen and oxygen atoms in total. The van der Waals surface area contributed by atoms with Crippen molar-refractivity contribution in [3.05, 3.63) is 28.3 Å². The summed E-state index contributed by atoms with van der Waals surface area (Å²) in [5.41, 5.74) is 1.12. The average Bonchev–Trinajstić information content (AvgIpc) is 2.63. The van der Waals surface area contributed by atoms with Crippen LogP contribution in [0.1, 0.15) is 58.5 Å². The summed E-state index contributed by atoms with van der Waals surface area (Å²) in [4.78, 5) is 75.8. The van der Waals surface area contributed by atoms with Crippen LogP contribution in [0.3, 0.4) is 0 Å². The summed E-state index contributed by atoms with van der Waals surface area (Å²) >= 11 is 0. The van der Waals surface area contributed by atoms with Gasteiger partial charge < -0.3 is 5.11 Å². The van der Waals surface area contributed by atoms with Gasteiger partial charge in [-0.2, -0.15) is 0 Å². The van der Waals surface area contributed by atoms with Gasteiger partial charge in [0.1, 0.15) is 17.5 Å². The van der Waals surface area contributed by atoms with E-state index in [-0.39, 0.29) is 29.9 Å². The van der Waals surface area contributed by atoms with Crippen molar-refractivity contribution in [2.45, 2.75) is 40.0 Å². The van der Waals surface area contributed by atoms with Crippen LogP contribution < -0.4 is 0 Å². The highest BCUT2D eigenvalue weighted by molar-refractivity contribution is 6.28. The molecule has 0 spiro atoms. The fourth-order valence-corrected chi connectivity index (χ4v) is 5.63. The van der Waals surface area contributed by atoms with Crippen LogP contribution in [0.5, 0.6) is 5.75 Å². The van der Waals surface area contributed by atoms with Gasteiger partial charge in [-0.1, -0.05) is 0 Å². The van der Waals surface area contributed by atoms with E-state index in [1.54, 1.807) is 13.0 Å². The summed E-state index contributed by atoms with van der Waals surface area (Å²) in [6, 6.07) is 1.54. The van der Waals surface area contributed by atoms with E-state index in [1.807, 2.05) is 0 Å². The Kier molecular flexibility index (Phi) is 4.60. The number of rotatable bonds is 2. The first-order valence-corrected chi connectivity index (χ1v) is 10.1. The second-order valence-corrected chi connectivity index (χ2v) is 8.80. The molecule has 7 heteroatoms. The second-order valence-electron chi connectivity index (χ2n) is 8.80. The van der Waals surface area contributed by atoms with Crippen LogP contribution >= 0.6 is 0 Å². The Bertz CT molecular complexity index is 1060. The highest BCUT2D eigenvalue weighted by atomic mass is 16.3. The van der Waals surface area contributed by atoms with Gasteiger partial charge in [0.15, 0.2) is 28.9 Å². The SMILES string of the molecule is CC(=O)c1cc(C)c(O)c2c1CC1CC3CC(=O)C(C(C)=O)C(=O)C3C(=O)C1C2=O. The molecule has 0 radical (unpaired) electrons. The Hall–Kier alpha value is -2.96. The first kappa shape index (κ1) is 20.3. The lowest BCUT2D eigenvalue weighted by atomic mass is 9.55. The van der Waals surface area contributed by atoms with E-state index in [2.05, 4.69) is 0 Å². The maximum absolute atomic E-state index is 13.3. The molecule has 2 saturated carbocycles. The lowest BCUT2D eigenvalue weighted by Gasteiger charge is -2.44. The third-order valence-electron chi connectivity index (χ3n) is 6.92. The number of carbonyl (C=O) groups is 6. The van der Waals surface area contributed by atoms with Gasteiger partial charge in [-0.25, -0.2) is 0 Å². The number of hydrogen-bond acceptors (Lipinski definition) is 7. The number of carbonyl (C=O) groups excluding carboxylic acids is 6. The molecule has 4 rings (SSSR count). The molecule has 1 aromatic carbocycles. The number of aryl methyl sites for hydroxylation is 1. The Morgan fingerprint density at radius 2 is 1.60 bits per heavy atom. The first-order valence-electron chi connectivity index (χ1n) is 10.1. The third-order valence-corrected chi connectivity index (χ3v) is 6.92. The summed E-state index contributed by atoms with van der Waals surface area (Å²) in [7, 11) is 0. The van der Waals surface area contributed by atoms with Crippen LogP contribution in [-0.2, 0) is 25.6 Å². The van der Waals surface area contributed by atoms with E-state index in [4.69, 9.17) is 0 Å². The lowest BCUT2D eigenvalue weighted by molar-refractivity contribution is -0.152. The van der Waals surface area contributed by atoms with Crippen LogP contribution in [0.25, 0.3) is 0 Å². The standard InChI is InChI=1S/C23H22O7/c1-8-4-13(9(2)24)14-6-11-5-12-7-15(26)16(10(3)25)21(28)18(12)22(29)17(11)23(30)19(14)20(8)27/h4,11-12,16-18,27H,5-7H2,1-3H3. The van der Waals surface area contributed by atoms with E-state index in [0.717, 1.165) is 6.92 Å². The van der Waals surface area contributed by atoms with Crippen LogP contribution in [0.2, 0.25) is 0 Å². The van der Waals surface area contributed by atoms with Gasteiger partial charge in [0, 0.05) is 12.0 Å². The minimum absolute atomic E-state index is 0.0179. The minimum atomic E-state index is -1.43. The number of ketones is 6. The predicted molar refractivity (Wildman–Crippen MR) is 103 cm³/mol. The maximum Gasteiger partial charge on any atom is 0.177 e. The van der Waals surface area contributed by atoms with Gasteiger partial charge in [0.25, 0.3) is 0 Å². The molecule has 0 amide bonds. The Labute approximate surface area is 172 Å². The lowest BCUT2D eigenvalue weighted by Crippen LogP contribution is -2.55. The minimum Gasteiger partial charge on any atom is -0.507 e. The Balaban J connectivity index is 1.81. The van der Waals surface area contributed by atoms with Crippen molar-refractivity contribution in [1.29, 1.82) is 0 Å². The molecule has 3 aliphatic carbocycles. The predicted octanol–water partition coefficient (Wildman–Crippen LogP) is 1.83. The summed E-state index contributed by atoms with van der Waals surface area (Å²) in [6.07, 6.45) is 0.498. The molecule has 1 N–H and O–H groups in total. The number of phenols is 1. The molecule has 30 heavy (non-hydrogen) atoms. The number of Topliss-reactive ketones (excluding diaryl/α,β-unsaturated/α-hetero) is 6. The number of fused-ring (bicyclic) bond motifs is 3. The molecular formula is C23H22O7. The number of aromatic hydroxyl groups is 1. The fraction of sp³-hybridized carbons (Fsp3) is 0.478. The largest absolute Gasteiger partial charge is 0.507 e. The summed E-state index contributed by atoms with van der Waals surface area (Å²) < 4.78 is 0. The number of hydrogen-bond donors (Lipinski definition) is 1. The van der Waals surface area contributed by atoms with Crippen LogP contribution in [0.4, 0.5) is 0 Å². The van der Waals surface area contributed by atoms with E-state index in [0.29, 0.717) is 23.1 Å². The zero-order valence-corrected chi connectivity index (χ0v) is 17.0. The van der Waals surface area contributed by atoms with E-state index in [9.17, 15) is 33.9 Å². The van der Waals surface area contributed by atoms with E-state index >= 15 is 0 Å². The number of benzene rings is 1. The van der Waals surface area contributed by atoms with Crippen molar-refractivity contribution in [2.75, 3.05) is 0 Å². The van der Waals surface area contributed by atoms with Crippen molar-refractivity contribution in [2.24, 2.45) is 29.6 Å². The van der Waals surface area contributed by atoms with Gasteiger partial charge >= 0.3 is 0 Å². The van der Waals surface area contributed by atoms with Gasteiger partial charge in [-0.05, 0) is 62.6 Å². The van der Waals surface area contributed by atoms with Crippen molar-refractivity contribution in [3.8, 4) is 5.75 Å².